The fourth-order valence-electron chi connectivity index (χ4n) is 1.64. The lowest BCUT2D eigenvalue weighted by Crippen LogP contribution is -2.53. The van der Waals surface area contributed by atoms with Crippen LogP contribution in [0.3, 0.4) is 0 Å². The van der Waals surface area contributed by atoms with E-state index in [0.29, 0.717) is 5.69 Å². The van der Waals surface area contributed by atoms with E-state index < -0.39 is 11.8 Å². The zero-order chi connectivity index (χ0) is 14.0. The van der Waals surface area contributed by atoms with Gasteiger partial charge < -0.3 is 4.57 Å². The Balaban J connectivity index is 2.35. The summed E-state index contributed by atoms with van der Waals surface area (Å²) in [6.07, 6.45) is 6.28. The van der Waals surface area contributed by atoms with E-state index in [9.17, 15) is 9.59 Å². The monoisotopic (exact) mass is 276 g/mol. The molecular formula is C12H12N4O2S. The number of amides is 2. The minimum atomic E-state index is -0.513. The number of hydrogen-bond acceptors (Lipinski definition) is 4. The highest BCUT2D eigenvalue weighted by molar-refractivity contribution is 7.80. The first-order chi connectivity index (χ1) is 9.02. The molecule has 2 heterocycles. The molecule has 0 aromatic carbocycles. The molecule has 0 spiro atoms. The Bertz CT molecular complexity index is 603. The fraction of sp³-hybridized carbons (Fsp3) is 0.167. The maximum atomic E-state index is 12.2. The summed E-state index contributed by atoms with van der Waals surface area (Å²) in [5.74, 6) is -0.958. The Hall–Kier alpha value is -2.28. The quantitative estimate of drug-likeness (QED) is 0.371. The first-order valence-electron chi connectivity index (χ1n) is 5.50. The van der Waals surface area contributed by atoms with Gasteiger partial charge in [-0.25, -0.2) is 4.98 Å². The molecule has 1 N–H and O–H groups in total. The number of aryl methyl sites for hydroxylation is 1. The number of aromatic nitrogens is 2. The van der Waals surface area contributed by atoms with E-state index in [2.05, 4.69) is 16.9 Å². The lowest BCUT2D eigenvalue weighted by atomic mass is 10.1. The van der Waals surface area contributed by atoms with E-state index in [1.807, 2.05) is 0 Å². The van der Waals surface area contributed by atoms with Crippen molar-refractivity contribution in [3.63, 3.8) is 0 Å². The van der Waals surface area contributed by atoms with Crippen LogP contribution >= 0.6 is 12.2 Å². The van der Waals surface area contributed by atoms with E-state index in [1.165, 1.54) is 11.0 Å². The first-order valence-corrected chi connectivity index (χ1v) is 5.91. The van der Waals surface area contributed by atoms with Gasteiger partial charge in [0.25, 0.3) is 11.8 Å². The third-order valence-electron chi connectivity index (χ3n) is 2.51. The average Bonchev–Trinajstić information content (AvgIpc) is 2.76. The SMILES string of the molecule is C=CCN1C(=O)/C(=C\c2cn(C)cn2)C(=O)NC1=S. The zero-order valence-corrected chi connectivity index (χ0v) is 11.1. The topological polar surface area (TPSA) is 67.2 Å². The molecule has 6 nitrogen and oxygen atoms in total. The summed E-state index contributed by atoms with van der Waals surface area (Å²) in [5, 5.41) is 2.56. The second-order valence-electron chi connectivity index (χ2n) is 3.99. The van der Waals surface area contributed by atoms with E-state index in [-0.39, 0.29) is 17.2 Å². The predicted octanol–water partition coefficient (Wildman–Crippen LogP) is 0.233. The Kier molecular flexibility index (Phi) is 3.57. The molecule has 19 heavy (non-hydrogen) atoms. The molecule has 2 rings (SSSR count). The molecule has 1 aromatic heterocycles. The van der Waals surface area contributed by atoms with Gasteiger partial charge in [0.15, 0.2) is 5.11 Å². The molecule has 1 aliphatic rings. The molecule has 0 unspecified atom stereocenters. The van der Waals surface area contributed by atoms with Crippen LogP contribution in [-0.4, -0.2) is 37.9 Å². The number of carbonyl (C=O) groups is 2. The molecule has 0 saturated carbocycles. The zero-order valence-electron chi connectivity index (χ0n) is 10.3. The second-order valence-corrected chi connectivity index (χ2v) is 4.37. The highest BCUT2D eigenvalue weighted by Gasteiger charge is 2.32. The van der Waals surface area contributed by atoms with Gasteiger partial charge in [0.1, 0.15) is 5.57 Å². The summed E-state index contributed by atoms with van der Waals surface area (Å²) in [5.41, 5.74) is 0.543. The number of hydrogen-bond donors (Lipinski definition) is 1. The lowest BCUT2D eigenvalue weighted by Gasteiger charge is -2.27. The Morgan fingerprint density at radius 3 is 2.84 bits per heavy atom. The number of thiocarbonyl (C=S) groups is 1. The van der Waals surface area contributed by atoms with Crippen molar-refractivity contribution >= 4 is 35.2 Å². The molecule has 0 atom stereocenters. The van der Waals surface area contributed by atoms with Crippen molar-refractivity contribution in [2.75, 3.05) is 6.54 Å². The van der Waals surface area contributed by atoms with Gasteiger partial charge in [-0.1, -0.05) is 6.08 Å². The third-order valence-corrected chi connectivity index (χ3v) is 2.84. The van der Waals surface area contributed by atoms with Crippen LogP contribution in [0.5, 0.6) is 0 Å². The third kappa shape index (κ3) is 2.60. The van der Waals surface area contributed by atoms with Crippen molar-refractivity contribution in [1.82, 2.24) is 19.8 Å². The lowest BCUT2D eigenvalue weighted by molar-refractivity contribution is -0.128. The van der Waals surface area contributed by atoms with Crippen molar-refractivity contribution in [2.45, 2.75) is 0 Å². The predicted molar refractivity (Wildman–Crippen MR) is 73.8 cm³/mol. The summed E-state index contributed by atoms with van der Waals surface area (Å²) in [6, 6.07) is 0. The van der Waals surface area contributed by atoms with Crippen LogP contribution in [0.2, 0.25) is 0 Å². The second kappa shape index (κ2) is 5.15. The summed E-state index contributed by atoms with van der Waals surface area (Å²) >= 11 is 4.95. The summed E-state index contributed by atoms with van der Waals surface area (Å²) in [7, 11) is 1.80. The van der Waals surface area contributed by atoms with Crippen molar-refractivity contribution in [3.05, 3.63) is 36.4 Å². The molecule has 0 radical (unpaired) electrons. The maximum Gasteiger partial charge on any atom is 0.266 e. The van der Waals surface area contributed by atoms with Crippen molar-refractivity contribution in [2.24, 2.45) is 7.05 Å². The van der Waals surface area contributed by atoms with Gasteiger partial charge in [0.05, 0.1) is 12.0 Å². The number of nitrogens with zero attached hydrogens (tertiary/aromatic N) is 3. The molecule has 1 fully saturated rings. The number of rotatable bonds is 3. The molecule has 98 valence electrons. The summed E-state index contributed by atoms with van der Waals surface area (Å²) < 4.78 is 1.73. The Morgan fingerprint density at radius 1 is 1.53 bits per heavy atom. The van der Waals surface area contributed by atoms with E-state index in [0.717, 1.165) is 0 Å². The van der Waals surface area contributed by atoms with Gasteiger partial charge >= 0.3 is 0 Å². The average molecular weight is 276 g/mol. The maximum absolute atomic E-state index is 12.2. The molecule has 0 aliphatic carbocycles. The number of nitrogens with one attached hydrogen (secondary N) is 1. The van der Waals surface area contributed by atoms with Gasteiger partial charge in [-0.15, -0.1) is 6.58 Å². The van der Waals surface area contributed by atoms with Gasteiger partial charge in [0, 0.05) is 19.8 Å². The van der Waals surface area contributed by atoms with Gasteiger partial charge in [-0.2, -0.15) is 0 Å². The first kappa shape index (κ1) is 13.2. The Morgan fingerprint density at radius 2 is 2.26 bits per heavy atom. The van der Waals surface area contributed by atoms with Gasteiger partial charge in [-0.05, 0) is 18.3 Å². The van der Waals surface area contributed by atoms with Crippen LogP contribution in [0.15, 0.2) is 30.8 Å². The Labute approximate surface area is 115 Å². The van der Waals surface area contributed by atoms with Crippen molar-refractivity contribution in [1.29, 1.82) is 0 Å². The van der Waals surface area contributed by atoms with Crippen LogP contribution in [0.25, 0.3) is 6.08 Å². The fourth-order valence-corrected chi connectivity index (χ4v) is 1.89. The number of carbonyl (C=O) groups excluding carboxylic acids is 2. The minimum absolute atomic E-state index is 0.00847. The van der Waals surface area contributed by atoms with Crippen molar-refractivity contribution in [3.8, 4) is 0 Å². The van der Waals surface area contributed by atoms with E-state index >= 15 is 0 Å². The van der Waals surface area contributed by atoms with E-state index in [4.69, 9.17) is 12.2 Å². The number of imidazole rings is 1. The normalized spacial score (nSPS) is 17.8. The summed E-state index contributed by atoms with van der Waals surface area (Å²) in [6.45, 7) is 3.80. The molecular weight excluding hydrogens is 264 g/mol. The highest BCUT2D eigenvalue weighted by atomic mass is 32.1. The summed E-state index contributed by atoms with van der Waals surface area (Å²) in [4.78, 5) is 29.3. The van der Waals surface area contributed by atoms with E-state index in [1.54, 1.807) is 30.2 Å². The highest BCUT2D eigenvalue weighted by Crippen LogP contribution is 2.13. The van der Waals surface area contributed by atoms with Crippen LogP contribution in [0.4, 0.5) is 0 Å². The molecule has 1 saturated heterocycles. The van der Waals surface area contributed by atoms with Crippen LogP contribution < -0.4 is 5.32 Å². The molecule has 1 aromatic rings. The van der Waals surface area contributed by atoms with Gasteiger partial charge in [0.2, 0.25) is 0 Å². The minimum Gasteiger partial charge on any atom is -0.340 e. The molecule has 1 aliphatic heterocycles. The molecule has 7 heteroatoms. The smallest absolute Gasteiger partial charge is 0.266 e. The standard InChI is InChI=1S/C12H12N4O2S/c1-3-4-16-11(18)9(10(17)14-12(16)19)5-8-6-15(2)7-13-8/h3,5-7H,1,4H2,2H3,(H,14,17,19)/b9-5-. The van der Waals surface area contributed by atoms with Crippen LogP contribution in [0.1, 0.15) is 5.69 Å². The largest absolute Gasteiger partial charge is 0.340 e. The van der Waals surface area contributed by atoms with Crippen molar-refractivity contribution < 1.29 is 9.59 Å². The molecule has 2 amide bonds. The van der Waals surface area contributed by atoms with Crippen LogP contribution in [-0.2, 0) is 16.6 Å². The molecule has 0 bridgehead atoms. The van der Waals surface area contributed by atoms with Gasteiger partial charge in [-0.3, -0.25) is 19.8 Å². The van der Waals surface area contributed by atoms with Crippen LogP contribution in [0, 0.1) is 0 Å².